The van der Waals surface area contributed by atoms with Crippen LogP contribution in [0.5, 0.6) is 0 Å². The number of aromatic nitrogens is 2. The van der Waals surface area contributed by atoms with Crippen LogP contribution >= 0.6 is 17.0 Å². The lowest BCUT2D eigenvalue weighted by Gasteiger charge is -2.11. The molecule has 0 spiro atoms. The predicted octanol–water partition coefficient (Wildman–Crippen LogP) is 4.34. The molecular weight excluding hydrogens is 366 g/mol. The van der Waals surface area contributed by atoms with Gasteiger partial charge in [0, 0.05) is 17.5 Å². The molecule has 0 radical (unpaired) electrons. The highest BCUT2D eigenvalue weighted by Gasteiger charge is 2.20. The Morgan fingerprint density at radius 2 is 1.78 bits per heavy atom. The number of aryl methyl sites for hydroxylation is 1. The van der Waals surface area contributed by atoms with Gasteiger partial charge in [-0.3, -0.25) is 4.79 Å². The van der Waals surface area contributed by atoms with Crippen molar-refractivity contribution in [2.24, 2.45) is 0 Å². The monoisotopic (exact) mass is 380 g/mol. The number of carbonyl (C=O) groups is 1. The number of hydrogen-bond acceptors (Lipinski definition) is 2. The molecule has 6 heteroatoms. The van der Waals surface area contributed by atoms with Crippen molar-refractivity contribution in [2.75, 3.05) is 0 Å². The molecule has 0 bridgehead atoms. The quantitative estimate of drug-likeness (QED) is 0.633. The van der Waals surface area contributed by atoms with E-state index in [0.29, 0.717) is 5.82 Å². The lowest BCUT2D eigenvalue weighted by Crippen LogP contribution is -2.15. The van der Waals surface area contributed by atoms with E-state index in [1.807, 2.05) is 19.9 Å². The fourth-order valence-corrected chi connectivity index (χ4v) is 2.52. The summed E-state index contributed by atoms with van der Waals surface area (Å²) >= 11 is 0. The second-order valence-electron chi connectivity index (χ2n) is 5.22. The van der Waals surface area contributed by atoms with Gasteiger partial charge in [0.2, 0.25) is 0 Å². The van der Waals surface area contributed by atoms with Crippen molar-refractivity contribution >= 4 is 22.8 Å². The summed E-state index contributed by atoms with van der Waals surface area (Å²) in [5, 5.41) is 0. The SMILES string of the molecule is Br.Cc1nc2n(CC(=O)c3c(F)cccc3F)cccc-2c1C. The lowest BCUT2D eigenvalue weighted by molar-refractivity contribution is 0.0964. The van der Waals surface area contributed by atoms with E-state index in [-0.39, 0.29) is 23.5 Å². The van der Waals surface area contributed by atoms with Crippen molar-refractivity contribution in [3.8, 4) is 11.4 Å². The summed E-state index contributed by atoms with van der Waals surface area (Å²) in [5.41, 5.74) is 2.34. The Balaban J connectivity index is 0.00000192. The smallest absolute Gasteiger partial charge is 0.188 e. The minimum absolute atomic E-state index is 0. The summed E-state index contributed by atoms with van der Waals surface area (Å²) in [6, 6.07) is 7.10. The lowest BCUT2D eigenvalue weighted by atomic mass is 10.1. The number of Topliss-reactive ketones (excluding diaryl/α,β-unsaturated/α-hetero) is 1. The molecule has 0 saturated carbocycles. The van der Waals surface area contributed by atoms with Crippen LogP contribution in [0.2, 0.25) is 0 Å². The predicted molar refractivity (Wildman–Crippen MR) is 89.3 cm³/mol. The molecular formula is C17H15BrF2N2O. The maximum atomic E-state index is 13.7. The highest BCUT2D eigenvalue weighted by atomic mass is 79.9. The highest BCUT2D eigenvalue weighted by Crippen LogP contribution is 2.27. The number of rotatable bonds is 3. The number of halogens is 3. The van der Waals surface area contributed by atoms with Crippen LogP contribution in [0, 0.1) is 25.5 Å². The van der Waals surface area contributed by atoms with Gasteiger partial charge in [-0.2, -0.15) is 0 Å². The zero-order valence-corrected chi connectivity index (χ0v) is 14.4. The Kier molecular flexibility index (Phi) is 4.94. The fraction of sp³-hybridized carbons (Fsp3) is 0.176. The second-order valence-corrected chi connectivity index (χ2v) is 5.22. The van der Waals surface area contributed by atoms with Crippen LogP contribution in [-0.2, 0) is 6.54 Å². The van der Waals surface area contributed by atoms with Gasteiger partial charge in [0.15, 0.2) is 5.78 Å². The van der Waals surface area contributed by atoms with Gasteiger partial charge in [-0.25, -0.2) is 13.8 Å². The average molecular weight is 381 g/mol. The van der Waals surface area contributed by atoms with Crippen LogP contribution in [0.15, 0.2) is 36.5 Å². The molecule has 0 N–H and O–H groups in total. The Labute approximate surface area is 143 Å². The molecule has 1 aromatic carbocycles. The Morgan fingerprint density at radius 3 is 2.43 bits per heavy atom. The molecule has 0 amide bonds. The van der Waals surface area contributed by atoms with Gasteiger partial charge in [-0.15, -0.1) is 17.0 Å². The van der Waals surface area contributed by atoms with Gasteiger partial charge in [-0.05, 0) is 43.7 Å². The van der Waals surface area contributed by atoms with Gasteiger partial charge < -0.3 is 4.57 Å². The summed E-state index contributed by atoms with van der Waals surface area (Å²) in [7, 11) is 0. The fourth-order valence-electron chi connectivity index (χ4n) is 2.52. The molecule has 0 aliphatic carbocycles. The largest absolute Gasteiger partial charge is 0.325 e. The average Bonchev–Trinajstić information content (AvgIpc) is 2.76. The van der Waals surface area contributed by atoms with Gasteiger partial charge in [-0.1, -0.05) is 6.07 Å². The Bertz CT molecular complexity index is 825. The van der Waals surface area contributed by atoms with Crippen LogP contribution in [0.3, 0.4) is 0 Å². The van der Waals surface area contributed by atoms with E-state index < -0.39 is 23.0 Å². The summed E-state index contributed by atoms with van der Waals surface area (Å²) in [6.07, 6.45) is 1.69. The third-order valence-electron chi connectivity index (χ3n) is 3.82. The number of pyridine rings is 1. The molecule has 2 heterocycles. The molecule has 0 atom stereocenters. The summed E-state index contributed by atoms with van der Waals surface area (Å²) in [6.45, 7) is 3.68. The zero-order chi connectivity index (χ0) is 15.9. The minimum Gasteiger partial charge on any atom is -0.325 e. The summed E-state index contributed by atoms with van der Waals surface area (Å²) in [4.78, 5) is 16.7. The van der Waals surface area contributed by atoms with Gasteiger partial charge in [0.25, 0.3) is 0 Å². The van der Waals surface area contributed by atoms with Crippen molar-refractivity contribution in [2.45, 2.75) is 20.4 Å². The third-order valence-corrected chi connectivity index (χ3v) is 3.82. The van der Waals surface area contributed by atoms with E-state index in [0.717, 1.165) is 29.0 Å². The molecule has 1 aromatic rings. The topological polar surface area (TPSA) is 34.9 Å². The molecule has 0 aromatic heterocycles. The highest BCUT2D eigenvalue weighted by molar-refractivity contribution is 8.93. The van der Waals surface area contributed by atoms with E-state index in [2.05, 4.69) is 4.98 Å². The molecule has 120 valence electrons. The van der Waals surface area contributed by atoms with E-state index in [4.69, 9.17) is 0 Å². The summed E-state index contributed by atoms with van der Waals surface area (Å²) < 4.78 is 29.0. The van der Waals surface area contributed by atoms with Gasteiger partial charge in [0.05, 0.1) is 12.1 Å². The molecule has 0 fully saturated rings. The van der Waals surface area contributed by atoms with Crippen molar-refractivity contribution in [1.29, 1.82) is 0 Å². The first-order valence-corrected chi connectivity index (χ1v) is 6.88. The minimum atomic E-state index is -0.847. The maximum absolute atomic E-state index is 13.7. The number of ketones is 1. The summed E-state index contributed by atoms with van der Waals surface area (Å²) in [5.74, 6) is -1.67. The van der Waals surface area contributed by atoms with Crippen LogP contribution in [0.25, 0.3) is 11.4 Å². The zero-order valence-electron chi connectivity index (χ0n) is 12.6. The second kappa shape index (κ2) is 6.58. The van der Waals surface area contributed by atoms with E-state index in [1.165, 1.54) is 6.07 Å². The number of fused-ring (bicyclic) bond motifs is 1. The van der Waals surface area contributed by atoms with Crippen molar-refractivity contribution in [3.05, 3.63) is 65.0 Å². The number of nitrogens with zero attached hydrogens (tertiary/aromatic N) is 2. The molecule has 0 unspecified atom stereocenters. The van der Waals surface area contributed by atoms with Crippen LogP contribution < -0.4 is 0 Å². The van der Waals surface area contributed by atoms with E-state index in [1.54, 1.807) is 16.8 Å². The first-order valence-electron chi connectivity index (χ1n) is 6.88. The van der Waals surface area contributed by atoms with Crippen molar-refractivity contribution in [1.82, 2.24) is 9.55 Å². The molecule has 23 heavy (non-hydrogen) atoms. The molecule has 3 rings (SSSR count). The van der Waals surface area contributed by atoms with E-state index in [9.17, 15) is 13.6 Å². The van der Waals surface area contributed by atoms with Gasteiger partial charge >= 0.3 is 0 Å². The standard InChI is InChI=1S/C17H14F2N2O.BrH/c1-10-11(2)20-17-12(10)5-4-8-21(17)9-15(22)16-13(18)6-3-7-14(16)19;/h3-8H,9H2,1-2H3;1H. The molecule has 0 saturated heterocycles. The van der Waals surface area contributed by atoms with Gasteiger partial charge in [0.1, 0.15) is 17.5 Å². The Hall–Kier alpha value is -2.08. The molecule has 2 aliphatic heterocycles. The van der Waals surface area contributed by atoms with Crippen molar-refractivity contribution in [3.63, 3.8) is 0 Å². The normalized spacial score (nSPS) is 10.6. The first-order chi connectivity index (χ1) is 10.5. The van der Waals surface area contributed by atoms with Crippen LogP contribution in [0.1, 0.15) is 21.6 Å². The number of hydrogen-bond donors (Lipinski definition) is 0. The van der Waals surface area contributed by atoms with Crippen LogP contribution in [0.4, 0.5) is 8.78 Å². The number of carbonyl (C=O) groups excluding carboxylic acids is 1. The van der Waals surface area contributed by atoms with E-state index >= 15 is 0 Å². The Morgan fingerprint density at radius 1 is 1.13 bits per heavy atom. The molecule has 2 aliphatic rings. The van der Waals surface area contributed by atoms with Crippen molar-refractivity contribution < 1.29 is 13.6 Å². The third kappa shape index (κ3) is 3.03. The number of benzene rings is 1. The van der Waals surface area contributed by atoms with Crippen LogP contribution in [-0.4, -0.2) is 15.3 Å². The first kappa shape index (κ1) is 17.3. The molecule has 3 nitrogen and oxygen atoms in total. The maximum Gasteiger partial charge on any atom is 0.188 e.